The molecule has 7 heteroatoms. The first-order chi connectivity index (χ1) is 9.99. The highest BCUT2D eigenvalue weighted by atomic mass is 32.2. The van der Waals surface area contributed by atoms with E-state index in [0.717, 1.165) is 11.1 Å². The first kappa shape index (κ1) is 15.9. The number of hydrogen-bond acceptors (Lipinski definition) is 5. The average Bonchev–Trinajstić information content (AvgIpc) is 2.51. The van der Waals surface area contributed by atoms with E-state index in [1.807, 2.05) is 24.3 Å². The molecule has 1 heterocycles. The first-order valence-corrected chi connectivity index (χ1v) is 8.44. The summed E-state index contributed by atoms with van der Waals surface area (Å²) in [5.74, 6) is -0.779. The highest BCUT2D eigenvalue weighted by molar-refractivity contribution is 7.89. The lowest BCUT2D eigenvalue weighted by molar-refractivity contribution is -0.140. The van der Waals surface area contributed by atoms with Crippen molar-refractivity contribution in [3.63, 3.8) is 0 Å². The predicted octanol–water partition coefficient (Wildman–Crippen LogP) is 0.437. The molecule has 1 aliphatic heterocycles. The monoisotopic (exact) mass is 312 g/mol. The Bertz CT molecular complexity index is 615. The molecule has 1 unspecified atom stereocenters. The van der Waals surface area contributed by atoms with Gasteiger partial charge in [0.15, 0.2) is 0 Å². The first-order valence-electron chi connectivity index (χ1n) is 6.84. The zero-order valence-corrected chi connectivity index (χ0v) is 12.8. The van der Waals surface area contributed by atoms with Crippen LogP contribution in [0.1, 0.15) is 23.6 Å². The van der Waals surface area contributed by atoms with Crippen LogP contribution < -0.4 is 5.73 Å². The molecule has 1 atom stereocenters. The maximum absolute atomic E-state index is 12.4. The number of nitrogens with zero attached hydrogens (tertiary/aromatic N) is 1. The molecule has 21 heavy (non-hydrogen) atoms. The van der Waals surface area contributed by atoms with Crippen molar-refractivity contribution < 1.29 is 17.9 Å². The third-order valence-electron chi connectivity index (χ3n) is 3.74. The second-order valence-corrected chi connectivity index (χ2v) is 6.99. The summed E-state index contributed by atoms with van der Waals surface area (Å²) in [5, 5.41) is 0. The van der Waals surface area contributed by atoms with Crippen LogP contribution in [-0.4, -0.2) is 44.6 Å². The van der Waals surface area contributed by atoms with Gasteiger partial charge in [-0.3, -0.25) is 4.79 Å². The van der Waals surface area contributed by atoms with Gasteiger partial charge in [0, 0.05) is 13.1 Å². The number of nitrogens with two attached hydrogens (primary N) is 1. The van der Waals surface area contributed by atoms with Crippen LogP contribution in [-0.2, 0) is 26.0 Å². The Hall–Kier alpha value is -1.44. The molecule has 0 aromatic heterocycles. The highest BCUT2D eigenvalue weighted by Gasteiger charge is 2.34. The van der Waals surface area contributed by atoms with Crippen LogP contribution in [0.15, 0.2) is 24.3 Å². The minimum atomic E-state index is -3.54. The summed E-state index contributed by atoms with van der Waals surface area (Å²) in [4.78, 5) is 11.2. The van der Waals surface area contributed by atoms with Crippen molar-refractivity contribution >= 4 is 16.0 Å². The molecule has 2 rings (SSSR count). The number of fused-ring (bicyclic) bond motifs is 1. The van der Waals surface area contributed by atoms with E-state index >= 15 is 0 Å². The Kier molecular flexibility index (Phi) is 4.97. The SMILES string of the molecule is COC(=O)CCS(=O)(=O)N1CCc2ccccc2C1CN. The van der Waals surface area contributed by atoms with Crippen LogP contribution in [0.2, 0.25) is 0 Å². The summed E-state index contributed by atoms with van der Waals surface area (Å²) in [6.45, 7) is 0.608. The molecule has 1 aliphatic rings. The molecule has 0 amide bonds. The number of hydrogen-bond donors (Lipinski definition) is 1. The third kappa shape index (κ3) is 3.42. The quantitative estimate of drug-likeness (QED) is 0.797. The summed E-state index contributed by atoms with van der Waals surface area (Å²) in [5.41, 5.74) is 7.87. The van der Waals surface area contributed by atoms with Gasteiger partial charge in [-0.15, -0.1) is 0 Å². The van der Waals surface area contributed by atoms with Crippen molar-refractivity contribution in [1.82, 2.24) is 4.31 Å². The van der Waals surface area contributed by atoms with Crippen LogP contribution in [0.25, 0.3) is 0 Å². The molecule has 0 bridgehead atoms. The third-order valence-corrected chi connectivity index (χ3v) is 5.61. The number of esters is 1. The van der Waals surface area contributed by atoms with Gasteiger partial charge in [-0.2, -0.15) is 4.31 Å². The second-order valence-electron chi connectivity index (χ2n) is 4.95. The smallest absolute Gasteiger partial charge is 0.306 e. The predicted molar refractivity (Wildman–Crippen MR) is 79.1 cm³/mol. The molecule has 0 radical (unpaired) electrons. The Balaban J connectivity index is 2.22. The summed E-state index contributed by atoms with van der Waals surface area (Å²) >= 11 is 0. The largest absolute Gasteiger partial charge is 0.469 e. The fraction of sp³-hybridized carbons (Fsp3) is 0.500. The number of rotatable bonds is 5. The lowest BCUT2D eigenvalue weighted by Gasteiger charge is -2.35. The highest BCUT2D eigenvalue weighted by Crippen LogP contribution is 2.31. The van der Waals surface area contributed by atoms with Crippen molar-refractivity contribution in [3.05, 3.63) is 35.4 Å². The molecule has 1 aromatic carbocycles. The molecular formula is C14H20N2O4S. The molecule has 0 spiro atoms. The molecule has 1 aromatic rings. The van der Waals surface area contributed by atoms with Crippen LogP contribution in [0.4, 0.5) is 0 Å². The van der Waals surface area contributed by atoms with Crippen molar-refractivity contribution in [3.8, 4) is 0 Å². The van der Waals surface area contributed by atoms with Crippen molar-refractivity contribution in [2.24, 2.45) is 5.73 Å². The van der Waals surface area contributed by atoms with Crippen LogP contribution in [0.5, 0.6) is 0 Å². The van der Waals surface area contributed by atoms with Gasteiger partial charge >= 0.3 is 5.97 Å². The van der Waals surface area contributed by atoms with Crippen molar-refractivity contribution in [1.29, 1.82) is 0 Å². The van der Waals surface area contributed by atoms with Gasteiger partial charge in [0.1, 0.15) is 0 Å². The number of methoxy groups -OCH3 is 1. The lowest BCUT2D eigenvalue weighted by atomic mass is 9.94. The minimum absolute atomic E-state index is 0.145. The number of carbonyl (C=O) groups excluding carboxylic acids is 1. The zero-order chi connectivity index (χ0) is 15.5. The Morgan fingerprint density at radius 3 is 2.81 bits per heavy atom. The molecule has 0 fully saturated rings. The van der Waals surface area contributed by atoms with Crippen molar-refractivity contribution in [2.75, 3.05) is 26.0 Å². The van der Waals surface area contributed by atoms with E-state index in [1.54, 1.807) is 0 Å². The van der Waals surface area contributed by atoms with Crippen molar-refractivity contribution in [2.45, 2.75) is 18.9 Å². The van der Waals surface area contributed by atoms with Gasteiger partial charge in [-0.05, 0) is 17.5 Å². The average molecular weight is 312 g/mol. The van der Waals surface area contributed by atoms with Gasteiger partial charge in [0.25, 0.3) is 0 Å². The molecule has 116 valence electrons. The van der Waals surface area contributed by atoms with Gasteiger partial charge in [-0.1, -0.05) is 24.3 Å². The fourth-order valence-electron chi connectivity index (χ4n) is 2.64. The van der Waals surface area contributed by atoms with E-state index in [-0.39, 0.29) is 24.8 Å². The second kappa shape index (κ2) is 6.55. The van der Waals surface area contributed by atoms with Gasteiger partial charge < -0.3 is 10.5 Å². The number of sulfonamides is 1. The molecular weight excluding hydrogens is 292 g/mol. The Morgan fingerprint density at radius 1 is 1.43 bits per heavy atom. The standard InChI is InChI=1S/C14H20N2O4S/c1-20-14(17)7-9-21(18,19)16-8-6-11-4-2-3-5-12(11)13(16)10-15/h2-5,13H,6-10,15H2,1H3. The van der Waals surface area contributed by atoms with E-state index in [9.17, 15) is 13.2 Å². The van der Waals surface area contributed by atoms with E-state index in [1.165, 1.54) is 11.4 Å². The van der Waals surface area contributed by atoms with Crippen LogP contribution in [0.3, 0.4) is 0 Å². The maximum atomic E-state index is 12.4. The molecule has 0 saturated heterocycles. The van der Waals surface area contributed by atoms with E-state index in [0.29, 0.717) is 13.0 Å². The summed E-state index contributed by atoms with van der Waals surface area (Å²) in [6, 6.07) is 7.36. The molecule has 6 nitrogen and oxygen atoms in total. The van der Waals surface area contributed by atoms with Gasteiger partial charge in [-0.25, -0.2) is 8.42 Å². The number of benzene rings is 1. The number of carbonyl (C=O) groups is 1. The van der Waals surface area contributed by atoms with Gasteiger partial charge in [0.05, 0.1) is 25.3 Å². The zero-order valence-electron chi connectivity index (χ0n) is 12.0. The van der Waals surface area contributed by atoms with E-state index < -0.39 is 16.0 Å². The molecule has 0 aliphatic carbocycles. The number of ether oxygens (including phenoxy) is 1. The lowest BCUT2D eigenvalue weighted by Crippen LogP contribution is -2.44. The van der Waals surface area contributed by atoms with E-state index in [4.69, 9.17) is 5.73 Å². The van der Waals surface area contributed by atoms with Gasteiger partial charge in [0.2, 0.25) is 10.0 Å². The molecule has 2 N–H and O–H groups in total. The summed E-state index contributed by atoms with van der Waals surface area (Å²) in [6.07, 6.45) is 0.512. The van der Waals surface area contributed by atoms with Crippen LogP contribution in [0, 0.1) is 0 Å². The topological polar surface area (TPSA) is 89.7 Å². The van der Waals surface area contributed by atoms with Crippen LogP contribution >= 0.6 is 0 Å². The maximum Gasteiger partial charge on any atom is 0.306 e. The normalized spacial score (nSPS) is 19.0. The fourth-order valence-corrected chi connectivity index (χ4v) is 4.25. The Morgan fingerprint density at radius 2 is 2.14 bits per heavy atom. The summed E-state index contributed by atoms with van der Waals surface area (Å²) < 4.78 is 30.8. The minimum Gasteiger partial charge on any atom is -0.469 e. The Labute approximate surface area is 124 Å². The summed E-state index contributed by atoms with van der Waals surface area (Å²) in [7, 11) is -2.30. The molecule has 0 saturated carbocycles. The van der Waals surface area contributed by atoms with E-state index in [2.05, 4.69) is 4.74 Å².